The van der Waals surface area contributed by atoms with Crippen LogP contribution in [0.3, 0.4) is 0 Å². The van der Waals surface area contributed by atoms with Gasteiger partial charge in [-0.15, -0.1) is 12.3 Å². The van der Waals surface area contributed by atoms with Crippen molar-refractivity contribution >= 4 is 5.57 Å². The van der Waals surface area contributed by atoms with Gasteiger partial charge in [-0.25, -0.2) is 8.78 Å². The lowest BCUT2D eigenvalue weighted by molar-refractivity contribution is 0.575. The van der Waals surface area contributed by atoms with E-state index in [1.807, 2.05) is 52.8 Å². The molecule has 2 aromatic carbocycles. The number of aryl methyl sites for hydroxylation is 1. The second-order valence-corrected chi connectivity index (χ2v) is 7.87. The van der Waals surface area contributed by atoms with Crippen molar-refractivity contribution in [1.82, 2.24) is 0 Å². The average molecular weight is 409 g/mol. The van der Waals surface area contributed by atoms with Crippen molar-refractivity contribution in [3.8, 4) is 0 Å². The Morgan fingerprint density at radius 3 is 2.20 bits per heavy atom. The molecule has 0 nitrogen and oxygen atoms in total. The third kappa shape index (κ3) is 6.68. The normalized spacial score (nSPS) is 10.9. The number of hydrogen-bond acceptors (Lipinski definition) is 0. The fraction of sp³-hybridized carbons (Fsp3) is 0.321. The van der Waals surface area contributed by atoms with Gasteiger partial charge in [0.15, 0.2) is 0 Å². The Hall–Kier alpha value is -2.70. The molecule has 160 valence electrons. The van der Waals surface area contributed by atoms with E-state index >= 15 is 4.39 Å². The summed E-state index contributed by atoms with van der Waals surface area (Å²) in [5, 5.41) is 0. The second kappa shape index (κ2) is 12.1. The summed E-state index contributed by atoms with van der Waals surface area (Å²) in [5.74, 6) is -0.0329. The molecule has 0 fully saturated rings. The Morgan fingerprint density at radius 2 is 1.70 bits per heavy atom. The number of halogens is 2. The van der Waals surface area contributed by atoms with Gasteiger partial charge in [-0.05, 0) is 99.4 Å². The highest BCUT2D eigenvalue weighted by Crippen LogP contribution is 2.33. The zero-order valence-electron chi connectivity index (χ0n) is 19.2. The molecule has 1 atom stereocenters. The Bertz CT molecular complexity index is 953. The highest BCUT2D eigenvalue weighted by Gasteiger charge is 2.18. The predicted octanol–water partition coefficient (Wildman–Crippen LogP) is 8.53. The third-order valence-electron chi connectivity index (χ3n) is 5.07. The van der Waals surface area contributed by atoms with E-state index in [0.29, 0.717) is 17.0 Å². The molecule has 30 heavy (non-hydrogen) atoms. The summed E-state index contributed by atoms with van der Waals surface area (Å²) >= 11 is 0. The SMILES string of the molecule is C=C=CC.C=CCC(C)Cc1ccc(C(=C(C)C)c2ccc(F)cc2C)c(F)c1C. The number of hydrogen-bond donors (Lipinski definition) is 0. The zero-order valence-corrected chi connectivity index (χ0v) is 19.2. The van der Waals surface area contributed by atoms with Crippen LogP contribution in [0.5, 0.6) is 0 Å². The van der Waals surface area contributed by atoms with Gasteiger partial charge >= 0.3 is 0 Å². The van der Waals surface area contributed by atoms with Crippen LogP contribution >= 0.6 is 0 Å². The van der Waals surface area contributed by atoms with Gasteiger partial charge in [-0.2, -0.15) is 0 Å². The van der Waals surface area contributed by atoms with Gasteiger partial charge in [0.05, 0.1) is 0 Å². The van der Waals surface area contributed by atoms with E-state index in [-0.39, 0.29) is 11.6 Å². The van der Waals surface area contributed by atoms with Crippen molar-refractivity contribution in [2.75, 3.05) is 0 Å². The highest BCUT2D eigenvalue weighted by atomic mass is 19.1. The lowest BCUT2D eigenvalue weighted by Gasteiger charge is -2.18. The molecular formula is C28H34F2. The van der Waals surface area contributed by atoms with E-state index < -0.39 is 0 Å². The topological polar surface area (TPSA) is 0 Å². The van der Waals surface area contributed by atoms with Crippen molar-refractivity contribution in [2.45, 2.75) is 54.4 Å². The first kappa shape index (κ1) is 25.3. The summed E-state index contributed by atoms with van der Waals surface area (Å²) in [6.45, 7) is 18.7. The maximum atomic E-state index is 15.3. The molecule has 2 rings (SSSR count). The van der Waals surface area contributed by atoms with Crippen LogP contribution < -0.4 is 0 Å². The molecule has 0 amide bonds. The first-order chi connectivity index (χ1) is 14.2. The minimum Gasteiger partial charge on any atom is -0.207 e. The number of benzene rings is 2. The monoisotopic (exact) mass is 408 g/mol. The molecule has 0 aliphatic rings. The van der Waals surface area contributed by atoms with Crippen molar-refractivity contribution < 1.29 is 8.78 Å². The van der Waals surface area contributed by atoms with E-state index in [2.05, 4.69) is 25.8 Å². The summed E-state index contributed by atoms with van der Waals surface area (Å²) in [5.41, 5.74) is 8.39. The molecule has 0 bridgehead atoms. The van der Waals surface area contributed by atoms with Crippen LogP contribution in [-0.4, -0.2) is 0 Å². The Kier molecular flexibility index (Phi) is 10.2. The molecule has 0 aliphatic heterocycles. The molecule has 0 saturated carbocycles. The van der Waals surface area contributed by atoms with Crippen molar-refractivity contribution in [1.29, 1.82) is 0 Å². The summed E-state index contributed by atoms with van der Waals surface area (Å²) in [6.07, 6.45) is 5.41. The maximum Gasteiger partial charge on any atom is 0.134 e. The largest absolute Gasteiger partial charge is 0.207 e. The van der Waals surface area contributed by atoms with Crippen LogP contribution in [-0.2, 0) is 6.42 Å². The van der Waals surface area contributed by atoms with Gasteiger partial charge in [0.1, 0.15) is 11.6 Å². The first-order valence-corrected chi connectivity index (χ1v) is 10.3. The molecule has 0 saturated heterocycles. The van der Waals surface area contributed by atoms with Gasteiger partial charge in [0.2, 0.25) is 0 Å². The van der Waals surface area contributed by atoms with Crippen LogP contribution in [0, 0.1) is 31.4 Å². The van der Waals surface area contributed by atoms with Crippen LogP contribution in [0.4, 0.5) is 8.78 Å². The minimum absolute atomic E-state index is 0.187. The maximum absolute atomic E-state index is 15.3. The van der Waals surface area contributed by atoms with E-state index in [1.54, 1.807) is 12.1 Å². The Morgan fingerprint density at radius 1 is 1.10 bits per heavy atom. The van der Waals surface area contributed by atoms with E-state index in [4.69, 9.17) is 0 Å². The molecule has 2 aromatic rings. The van der Waals surface area contributed by atoms with E-state index in [0.717, 1.165) is 40.7 Å². The fourth-order valence-electron chi connectivity index (χ4n) is 3.47. The summed E-state index contributed by atoms with van der Waals surface area (Å²) in [7, 11) is 0. The zero-order chi connectivity index (χ0) is 22.8. The third-order valence-corrected chi connectivity index (χ3v) is 5.07. The number of rotatable bonds is 6. The van der Waals surface area contributed by atoms with E-state index in [9.17, 15) is 4.39 Å². The second-order valence-electron chi connectivity index (χ2n) is 7.87. The molecule has 0 radical (unpaired) electrons. The molecule has 0 spiro atoms. The molecule has 2 heteroatoms. The lowest BCUT2D eigenvalue weighted by atomic mass is 9.87. The van der Waals surface area contributed by atoms with Gasteiger partial charge in [-0.1, -0.05) is 43.4 Å². The van der Waals surface area contributed by atoms with Crippen LogP contribution in [0.1, 0.15) is 61.9 Å². The summed E-state index contributed by atoms with van der Waals surface area (Å²) in [4.78, 5) is 0. The smallest absolute Gasteiger partial charge is 0.134 e. The molecule has 0 aromatic heterocycles. The number of allylic oxidation sites excluding steroid dienone is 3. The molecule has 0 N–H and O–H groups in total. The van der Waals surface area contributed by atoms with E-state index in [1.165, 1.54) is 12.1 Å². The summed E-state index contributed by atoms with van der Waals surface area (Å²) in [6, 6.07) is 8.55. The van der Waals surface area contributed by atoms with Crippen LogP contribution in [0.15, 0.2) is 66.9 Å². The lowest BCUT2D eigenvalue weighted by Crippen LogP contribution is -2.05. The van der Waals surface area contributed by atoms with Crippen LogP contribution in [0.2, 0.25) is 0 Å². The summed E-state index contributed by atoms with van der Waals surface area (Å²) < 4.78 is 28.8. The van der Waals surface area contributed by atoms with Gasteiger partial charge < -0.3 is 0 Å². The fourth-order valence-corrected chi connectivity index (χ4v) is 3.47. The average Bonchev–Trinajstić information content (AvgIpc) is 2.69. The van der Waals surface area contributed by atoms with Crippen molar-refractivity contribution in [3.63, 3.8) is 0 Å². The van der Waals surface area contributed by atoms with Crippen molar-refractivity contribution in [3.05, 3.63) is 106 Å². The van der Waals surface area contributed by atoms with Crippen molar-refractivity contribution in [2.24, 2.45) is 5.92 Å². The Labute approximate surface area is 181 Å². The predicted molar refractivity (Wildman–Crippen MR) is 127 cm³/mol. The minimum atomic E-state index is -0.275. The first-order valence-electron chi connectivity index (χ1n) is 10.3. The molecule has 0 aliphatic carbocycles. The quantitative estimate of drug-likeness (QED) is 0.332. The standard InChI is InChI=1S/C24H28F2.C4H6/c1-7-8-16(4)13-19-9-11-22(24(26)18(19)6)23(15(2)3)21-12-10-20(25)14-17(21)5;1-3-4-2/h7,9-12,14,16H,1,8,13H2,2-6H3;4H,1H2,2H3. The van der Waals surface area contributed by atoms with Crippen LogP contribution in [0.25, 0.3) is 5.57 Å². The molecule has 0 heterocycles. The van der Waals surface area contributed by atoms with Gasteiger partial charge in [0.25, 0.3) is 0 Å². The molecule has 1 unspecified atom stereocenters. The Balaban J connectivity index is 0.00000103. The molecular weight excluding hydrogens is 374 g/mol. The van der Waals surface area contributed by atoms with Gasteiger partial charge in [-0.3, -0.25) is 0 Å². The highest BCUT2D eigenvalue weighted by molar-refractivity contribution is 5.83. The van der Waals surface area contributed by atoms with Gasteiger partial charge in [0, 0.05) is 5.56 Å².